The van der Waals surface area contributed by atoms with Gasteiger partial charge in [0.15, 0.2) is 0 Å². The Bertz CT molecular complexity index is 580. The number of hydrogen-bond acceptors (Lipinski definition) is 2. The number of pyridine rings is 1. The van der Waals surface area contributed by atoms with Crippen LogP contribution < -0.4 is 0 Å². The molecular formula is C17H21NO. The van der Waals surface area contributed by atoms with E-state index in [1.807, 2.05) is 12.3 Å². The maximum Gasteiger partial charge on any atom is 0.0925 e. The number of rotatable bonds is 2. The van der Waals surface area contributed by atoms with Crippen molar-refractivity contribution in [2.45, 2.75) is 44.6 Å². The lowest BCUT2D eigenvalue weighted by atomic mass is 9.70. The first kappa shape index (κ1) is 12.6. The van der Waals surface area contributed by atoms with E-state index in [9.17, 15) is 5.11 Å². The summed E-state index contributed by atoms with van der Waals surface area (Å²) >= 11 is 0. The molecule has 1 heterocycles. The van der Waals surface area contributed by atoms with Crippen LogP contribution in [-0.2, 0) is 5.60 Å². The maximum atomic E-state index is 11.1. The van der Waals surface area contributed by atoms with Gasteiger partial charge < -0.3 is 5.11 Å². The first-order chi connectivity index (χ1) is 9.24. The number of fused-ring (bicyclic) bond motifs is 1. The molecule has 0 bridgehead atoms. The first-order valence-corrected chi connectivity index (χ1v) is 7.31. The Labute approximate surface area is 114 Å². The maximum absolute atomic E-state index is 11.1. The molecule has 1 N–H and O–H groups in total. The van der Waals surface area contributed by atoms with Crippen LogP contribution in [0.4, 0.5) is 0 Å². The SMILES string of the molecule is CCC1CCCCC1(O)c1ccc2cccnc2c1. The van der Waals surface area contributed by atoms with Gasteiger partial charge in [0.2, 0.25) is 0 Å². The third kappa shape index (κ3) is 2.14. The van der Waals surface area contributed by atoms with E-state index in [4.69, 9.17) is 0 Å². The molecule has 2 heteroatoms. The number of hydrogen-bond donors (Lipinski definition) is 1. The number of aliphatic hydroxyl groups is 1. The minimum atomic E-state index is -0.654. The first-order valence-electron chi connectivity index (χ1n) is 7.31. The average Bonchev–Trinajstić information content (AvgIpc) is 2.47. The lowest BCUT2D eigenvalue weighted by Gasteiger charge is -2.40. The molecule has 3 rings (SSSR count). The summed E-state index contributed by atoms with van der Waals surface area (Å²) in [4.78, 5) is 4.41. The van der Waals surface area contributed by atoms with Gasteiger partial charge in [-0.1, -0.05) is 44.4 Å². The van der Waals surface area contributed by atoms with Crippen LogP contribution in [0, 0.1) is 5.92 Å². The molecule has 1 aliphatic rings. The van der Waals surface area contributed by atoms with Crippen LogP contribution in [0.5, 0.6) is 0 Å². The highest BCUT2D eigenvalue weighted by Gasteiger charge is 2.39. The van der Waals surface area contributed by atoms with Gasteiger partial charge in [0.25, 0.3) is 0 Å². The number of nitrogens with zero attached hydrogens (tertiary/aromatic N) is 1. The molecule has 1 saturated carbocycles. The second-order valence-electron chi connectivity index (χ2n) is 5.69. The summed E-state index contributed by atoms with van der Waals surface area (Å²) in [6.07, 6.45) is 7.22. The van der Waals surface area contributed by atoms with E-state index in [2.05, 4.69) is 36.2 Å². The highest BCUT2D eigenvalue weighted by molar-refractivity contribution is 5.79. The third-order valence-electron chi connectivity index (χ3n) is 4.63. The zero-order chi connectivity index (χ0) is 13.3. The minimum Gasteiger partial charge on any atom is -0.385 e. The summed E-state index contributed by atoms with van der Waals surface area (Å²) in [6.45, 7) is 2.18. The number of benzene rings is 1. The Morgan fingerprint density at radius 3 is 3.05 bits per heavy atom. The molecule has 1 aromatic heterocycles. The third-order valence-corrected chi connectivity index (χ3v) is 4.63. The van der Waals surface area contributed by atoms with Crippen LogP contribution in [0.2, 0.25) is 0 Å². The van der Waals surface area contributed by atoms with Crippen molar-refractivity contribution in [3.8, 4) is 0 Å². The predicted octanol–water partition coefficient (Wildman–Crippen LogP) is 4.02. The van der Waals surface area contributed by atoms with Gasteiger partial charge in [0.1, 0.15) is 0 Å². The molecule has 2 aromatic rings. The van der Waals surface area contributed by atoms with Crippen LogP contribution in [0.15, 0.2) is 36.5 Å². The molecule has 1 fully saturated rings. The van der Waals surface area contributed by atoms with E-state index in [-0.39, 0.29) is 0 Å². The Balaban J connectivity index is 2.06. The molecule has 0 aliphatic heterocycles. The number of aromatic nitrogens is 1. The molecule has 0 spiro atoms. The van der Waals surface area contributed by atoms with Gasteiger partial charge in [-0.2, -0.15) is 0 Å². The summed E-state index contributed by atoms with van der Waals surface area (Å²) in [6, 6.07) is 10.2. The molecule has 2 nitrogen and oxygen atoms in total. The van der Waals surface area contributed by atoms with Gasteiger partial charge in [-0.05, 0) is 36.5 Å². The molecule has 1 aliphatic carbocycles. The van der Waals surface area contributed by atoms with E-state index < -0.39 is 5.60 Å². The van der Waals surface area contributed by atoms with E-state index >= 15 is 0 Å². The molecular weight excluding hydrogens is 234 g/mol. The molecule has 100 valence electrons. The highest BCUT2D eigenvalue weighted by atomic mass is 16.3. The van der Waals surface area contributed by atoms with E-state index in [1.165, 1.54) is 6.42 Å². The van der Waals surface area contributed by atoms with Gasteiger partial charge >= 0.3 is 0 Å². The van der Waals surface area contributed by atoms with E-state index in [0.717, 1.165) is 42.1 Å². The second kappa shape index (κ2) is 4.93. The van der Waals surface area contributed by atoms with Crippen LogP contribution in [-0.4, -0.2) is 10.1 Å². The summed E-state index contributed by atoms with van der Waals surface area (Å²) in [5.74, 6) is 0.377. The highest BCUT2D eigenvalue weighted by Crippen LogP contribution is 2.43. The molecule has 1 aromatic carbocycles. The van der Waals surface area contributed by atoms with Gasteiger partial charge in [-0.3, -0.25) is 4.98 Å². The fourth-order valence-electron chi connectivity index (χ4n) is 3.49. The molecule has 0 saturated heterocycles. The van der Waals surface area contributed by atoms with E-state index in [0.29, 0.717) is 5.92 Å². The summed E-state index contributed by atoms with van der Waals surface area (Å²) in [5.41, 5.74) is 1.37. The zero-order valence-corrected chi connectivity index (χ0v) is 11.5. The fourth-order valence-corrected chi connectivity index (χ4v) is 3.49. The Morgan fingerprint density at radius 2 is 2.21 bits per heavy atom. The lowest BCUT2D eigenvalue weighted by Crippen LogP contribution is -2.37. The van der Waals surface area contributed by atoms with E-state index in [1.54, 1.807) is 0 Å². The van der Waals surface area contributed by atoms with Crippen LogP contribution in [0.3, 0.4) is 0 Å². The van der Waals surface area contributed by atoms with Crippen LogP contribution in [0.1, 0.15) is 44.6 Å². The largest absolute Gasteiger partial charge is 0.385 e. The monoisotopic (exact) mass is 255 g/mol. The lowest BCUT2D eigenvalue weighted by molar-refractivity contribution is -0.0556. The smallest absolute Gasteiger partial charge is 0.0925 e. The van der Waals surface area contributed by atoms with Gasteiger partial charge in [-0.15, -0.1) is 0 Å². The van der Waals surface area contributed by atoms with Crippen molar-refractivity contribution in [3.05, 3.63) is 42.1 Å². The molecule has 0 radical (unpaired) electrons. The molecule has 19 heavy (non-hydrogen) atoms. The zero-order valence-electron chi connectivity index (χ0n) is 11.5. The van der Waals surface area contributed by atoms with Crippen LogP contribution in [0.25, 0.3) is 10.9 Å². The van der Waals surface area contributed by atoms with Crippen molar-refractivity contribution in [2.75, 3.05) is 0 Å². The Morgan fingerprint density at radius 1 is 1.32 bits per heavy atom. The fraction of sp³-hybridized carbons (Fsp3) is 0.471. The quantitative estimate of drug-likeness (QED) is 0.879. The second-order valence-corrected chi connectivity index (χ2v) is 5.69. The standard InChI is InChI=1S/C17H21NO/c1-2-14-7-3-4-10-17(14,19)15-9-8-13-6-5-11-18-16(13)12-15/h5-6,8-9,11-12,14,19H,2-4,7,10H2,1H3. The van der Waals surface area contributed by atoms with Crippen molar-refractivity contribution < 1.29 is 5.11 Å². The van der Waals surface area contributed by atoms with Crippen molar-refractivity contribution in [2.24, 2.45) is 5.92 Å². The van der Waals surface area contributed by atoms with Gasteiger partial charge in [0.05, 0.1) is 11.1 Å². The Kier molecular flexibility index (Phi) is 3.28. The summed E-state index contributed by atoms with van der Waals surface area (Å²) < 4.78 is 0. The van der Waals surface area contributed by atoms with Crippen molar-refractivity contribution in [1.29, 1.82) is 0 Å². The van der Waals surface area contributed by atoms with Gasteiger partial charge in [0, 0.05) is 11.6 Å². The van der Waals surface area contributed by atoms with Crippen molar-refractivity contribution >= 4 is 10.9 Å². The minimum absolute atomic E-state index is 0.377. The van der Waals surface area contributed by atoms with Crippen molar-refractivity contribution in [3.63, 3.8) is 0 Å². The molecule has 2 unspecified atom stereocenters. The predicted molar refractivity (Wildman–Crippen MR) is 77.9 cm³/mol. The summed E-state index contributed by atoms with van der Waals surface area (Å²) in [7, 11) is 0. The average molecular weight is 255 g/mol. The summed E-state index contributed by atoms with van der Waals surface area (Å²) in [5, 5.41) is 12.3. The molecule has 2 atom stereocenters. The van der Waals surface area contributed by atoms with Crippen LogP contribution >= 0.6 is 0 Å². The topological polar surface area (TPSA) is 33.1 Å². The Hall–Kier alpha value is -1.41. The normalized spacial score (nSPS) is 27.6. The molecule has 0 amide bonds. The van der Waals surface area contributed by atoms with Gasteiger partial charge in [-0.25, -0.2) is 0 Å². The van der Waals surface area contributed by atoms with Crippen molar-refractivity contribution in [1.82, 2.24) is 4.98 Å².